The van der Waals surface area contributed by atoms with Crippen molar-refractivity contribution in [3.05, 3.63) is 167 Å². The minimum atomic E-state index is -1.06. The van der Waals surface area contributed by atoms with E-state index in [0.29, 0.717) is 30.3 Å². The predicted octanol–water partition coefficient (Wildman–Crippen LogP) is 6.58. The summed E-state index contributed by atoms with van der Waals surface area (Å²) in [5.74, 6) is -0.181. The zero-order valence-corrected chi connectivity index (χ0v) is 27.8. The molecule has 0 saturated heterocycles. The number of hydrogen-bond donors (Lipinski definition) is 2. The molecule has 9 nitrogen and oxygen atoms in total. The van der Waals surface area contributed by atoms with E-state index >= 15 is 0 Å². The SMILES string of the molecule is COC(=O)[C@@H](Cc1ccc(OCc2ccccc2)c(OCc2ccccc2)c1)NC(=O)[C@@H](Cc1ccccc1)NC(=O)OCc1ccccc1. The van der Waals surface area contributed by atoms with Gasteiger partial charge in [0.2, 0.25) is 5.91 Å². The van der Waals surface area contributed by atoms with Gasteiger partial charge in [-0.25, -0.2) is 9.59 Å². The molecule has 0 aromatic heterocycles. The molecule has 0 heterocycles. The Morgan fingerprint density at radius 2 is 1.00 bits per heavy atom. The van der Waals surface area contributed by atoms with Crippen LogP contribution in [0.25, 0.3) is 0 Å². The molecule has 0 unspecified atom stereocenters. The smallest absolute Gasteiger partial charge is 0.408 e. The van der Waals surface area contributed by atoms with Gasteiger partial charge in [0, 0.05) is 12.8 Å². The van der Waals surface area contributed by atoms with Gasteiger partial charge >= 0.3 is 12.1 Å². The molecule has 0 radical (unpaired) electrons. The average molecular weight is 673 g/mol. The van der Waals surface area contributed by atoms with Gasteiger partial charge in [0.15, 0.2) is 11.5 Å². The number of alkyl carbamates (subject to hydrolysis) is 1. The summed E-state index contributed by atoms with van der Waals surface area (Å²) < 4.78 is 22.8. The number of carbonyl (C=O) groups excluding carboxylic acids is 3. The van der Waals surface area contributed by atoms with Crippen LogP contribution < -0.4 is 20.1 Å². The highest BCUT2D eigenvalue weighted by molar-refractivity contribution is 5.90. The number of methoxy groups -OCH3 is 1. The zero-order valence-electron chi connectivity index (χ0n) is 27.8. The van der Waals surface area contributed by atoms with Gasteiger partial charge in [0.25, 0.3) is 0 Å². The van der Waals surface area contributed by atoms with Crippen LogP contribution in [0.3, 0.4) is 0 Å². The Bertz CT molecular complexity index is 1800. The van der Waals surface area contributed by atoms with E-state index in [9.17, 15) is 14.4 Å². The van der Waals surface area contributed by atoms with E-state index in [1.807, 2.05) is 127 Å². The Labute approximate surface area is 292 Å². The third-order valence-corrected chi connectivity index (χ3v) is 7.83. The van der Waals surface area contributed by atoms with Gasteiger partial charge < -0.3 is 29.6 Å². The molecule has 2 amide bonds. The van der Waals surface area contributed by atoms with Gasteiger partial charge in [-0.1, -0.05) is 127 Å². The number of hydrogen-bond acceptors (Lipinski definition) is 7. The minimum Gasteiger partial charge on any atom is -0.485 e. The lowest BCUT2D eigenvalue weighted by atomic mass is 10.0. The maximum absolute atomic E-state index is 13.7. The van der Waals surface area contributed by atoms with Gasteiger partial charge in [-0.15, -0.1) is 0 Å². The third kappa shape index (κ3) is 11.0. The van der Waals surface area contributed by atoms with Gasteiger partial charge in [0.1, 0.15) is 31.9 Å². The number of benzene rings is 5. The van der Waals surface area contributed by atoms with Crippen molar-refractivity contribution < 1.29 is 33.3 Å². The molecule has 2 N–H and O–H groups in total. The Hall–Kier alpha value is -6.09. The molecular weight excluding hydrogens is 632 g/mol. The molecule has 0 saturated carbocycles. The number of rotatable bonds is 16. The van der Waals surface area contributed by atoms with E-state index in [0.717, 1.165) is 22.3 Å². The molecule has 2 atom stereocenters. The van der Waals surface area contributed by atoms with Crippen LogP contribution in [-0.2, 0) is 51.7 Å². The normalized spacial score (nSPS) is 11.8. The molecule has 0 fully saturated rings. The zero-order chi connectivity index (χ0) is 35.0. The Kier molecular flexibility index (Phi) is 13.0. The van der Waals surface area contributed by atoms with Crippen LogP contribution in [0.4, 0.5) is 4.79 Å². The third-order valence-electron chi connectivity index (χ3n) is 7.83. The van der Waals surface area contributed by atoms with Crippen LogP contribution in [0.5, 0.6) is 11.5 Å². The first-order valence-corrected chi connectivity index (χ1v) is 16.3. The number of nitrogens with one attached hydrogen (secondary N) is 2. The van der Waals surface area contributed by atoms with Crippen molar-refractivity contribution in [3.8, 4) is 11.5 Å². The largest absolute Gasteiger partial charge is 0.485 e. The van der Waals surface area contributed by atoms with Crippen molar-refractivity contribution >= 4 is 18.0 Å². The summed E-state index contributed by atoms with van der Waals surface area (Å²) in [5.41, 5.74) is 4.30. The Morgan fingerprint density at radius 1 is 0.520 bits per heavy atom. The van der Waals surface area contributed by atoms with Crippen LogP contribution in [-0.4, -0.2) is 37.2 Å². The van der Waals surface area contributed by atoms with E-state index in [1.54, 1.807) is 12.1 Å². The fraction of sp³-hybridized carbons (Fsp3) is 0.195. The molecule has 0 spiro atoms. The van der Waals surface area contributed by atoms with E-state index in [1.165, 1.54) is 7.11 Å². The molecule has 5 rings (SSSR count). The number of amides is 2. The molecule has 256 valence electrons. The summed E-state index contributed by atoms with van der Waals surface area (Å²) in [4.78, 5) is 39.6. The summed E-state index contributed by atoms with van der Waals surface area (Å²) in [5, 5.41) is 5.47. The van der Waals surface area contributed by atoms with Gasteiger partial charge in [-0.3, -0.25) is 4.79 Å². The monoisotopic (exact) mass is 672 g/mol. The molecule has 50 heavy (non-hydrogen) atoms. The lowest BCUT2D eigenvalue weighted by molar-refractivity contribution is -0.145. The minimum absolute atomic E-state index is 0.0386. The van der Waals surface area contributed by atoms with Crippen molar-refractivity contribution in [2.24, 2.45) is 0 Å². The summed E-state index contributed by atoms with van der Waals surface area (Å²) in [6, 6.07) is 41.4. The molecule has 5 aromatic rings. The molecule has 0 aliphatic heterocycles. The second-order valence-corrected chi connectivity index (χ2v) is 11.6. The van der Waals surface area contributed by atoms with E-state index in [2.05, 4.69) is 10.6 Å². The number of ether oxygens (including phenoxy) is 4. The van der Waals surface area contributed by atoms with Gasteiger partial charge in [-0.2, -0.15) is 0 Å². The van der Waals surface area contributed by atoms with Crippen molar-refractivity contribution in [2.45, 2.75) is 44.7 Å². The average Bonchev–Trinajstić information content (AvgIpc) is 3.16. The lowest BCUT2D eigenvalue weighted by Crippen LogP contribution is -2.53. The number of esters is 1. The summed E-state index contributed by atoms with van der Waals surface area (Å²) in [6.07, 6.45) is -0.493. The summed E-state index contributed by atoms with van der Waals surface area (Å²) in [6.45, 7) is 0.680. The fourth-order valence-corrected chi connectivity index (χ4v) is 5.19. The standard InChI is InChI=1S/C41H40N2O7/c1-47-40(45)36(42-39(44)35(24-30-14-6-2-7-15-30)43-41(46)50-29-33-20-12-5-13-21-33)25-34-22-23-37(48-27-31-16-8-3-9-17-31)38(26-34)49-28-32-18-10-4-11-19-32/h2-23,26,35-36H,24-25,27-29H2,1H3,(H,42,44)(H,43,46)/t35-,36-/m1/s1. The molecule has 9 heteroatoms. The van der Waals surface area contributed by atoms with Crippen molar-refractivity contribution in [3.63, 3.8) is 0 Å². The molecular formula is C41H40N2O7. The van der Waals surface area contributed by atoms with E-state index in [-0.39, 0.29) is 19.4 Å². The van der Waals surface area contributed by atoms with Crippen LogP contribution >= 0.6 is 0 Å². The first-order chi connectivity index (χ1) is 24.5. The Morgan fingerprint density at radius 3 is 1.54 bits per heavy atom. The van der Waals surface area contributed by atoms with Crippen molar-refractivity contribution in [1.82, 2.24) is 10.6 Å². The van der Waals surface area contributed by atoms with Gasteiger partial charge in [0.05, 0.1) is 7.11 Å². The molecule has 0 bridgehead atoms. The maximum atomic E-state index is 13.7. The fourth-order valence-electron chi connectivity index (χ4n) is 5.19. The first kappa shape index (κ1) is 35.2. The summed E-state index contributed by atoms with van der Waals surface area (Å²) in [7, 11) is 1.26. The highest BCUT2D eigenvalue weighted by atomic mass is 16.5. The second-order valence-electron chi connectivity index (χ2n) is 11.6. The molecule has 5 aromatic carbocycles. The van der Waals surface area contributed by atoms with Crippen LogP contribution in [0, 0.1) is 0 Å². The van der Waals surface area contributed by atoms with E-state index in [4.69, 9.17) is 18.9 Å². The quantitative estimate of drug-likeness (QED) is 0.114. The topological polar surface area (TPSA) is 112 Å². The van der Waals surface area contributed by atoms with E-state index < -0.39 is 30.1 Å². The first-order valence-electron chi connectivity index (χ1n) is 16.3. The highest BCUT2D eigenvalue weighted by Gasteiger charge is 2.28. The van der Waals surface area contributed by atoms with Crippen LogP contribution in [0.15, 0.2) is 140 Å². The molecule has 0 aliphatic carbocycles. The lowest BCUT2D eigenvalue weighted by Gasteiger charge is -2.23. The second kappa shape index (κ2) is 18.5. The number of carbonyl (C=O) groups is 3. The van der Waals surface area contributed by atoms with Crippen molar-refractivity contribution in [2.75, 3.05) is 7.11 Å². The van der Waals surface area contributed by atoms with Crippen LogP contribution in [0.2, 0.25) is 0 Å². The maximum Gasteiger partial charge on any atom is 0.408 e. The van der Waals surface area contributed by atoms with Crippen LogP contribution in [0.1, 0.15) is 27.8 Å². The Balaban J connectivity index is 1.32. The highest BCUT2D eigenvalue weighted by Crippen LogP contribution is 2.31. The van der Waals surface area contributed by atoms with Crippen molar-refractivity contribution in [1.29, 1.82) is 0 Å². The van der Waals surface area contributed by atoms with Gasteiger partial charge in [-0.05, 0) is 39.9 Å². The predicted molar refractivity (Wildman–Crippen MR) is 189 cm³/mol. The summed E-state index contributed by atoms with van der Waals surface area (Å²) >= 11 is 0. The molecule has 0 aliphatic rings.